The van der Waals surface area contributed by atoms with Crippen molar-refractivity contribution in [2.45, 2.75) is 19.8 Å². The quantitative estimate of drug-likeness (QED) is 0.471. The highest BCUT2D eigenvalue weighted by Gasteiger charge is 2.14. The molecule has 3 aromatic carbocycles. The molecule has 0 atom stereocenters. The number of carbonyl (C=O) groups excluding carboxylic acids is 2. The minimum atomic E-state index is -0.559. The van der Waals surface area contributed by atoms with Crippen molar-refractivity contribution in [2.75, 3.05) is 20.6 Å². The molecule has 0 aliphatic rings. The fraction of sp³-hybridized carbons (Fsp3) is 0.261. The van der Waals surface area contributed by atoms with E-state index in [1.807, 2.05) is 37.2 Å². The third-order valence-electron chi connectivity index (χ3n) is 4.45. The summed E-state index contributed by atoms with van der Waals surface area (Å²) in [6.45, 7) is 2.03. The van der Waals surface area contributed by atoms with Crippen LogP contribution in [-0.4, -0.2) is 37.5 Å². The number of benzene rings is 2. The number of nitrogens with zero attached hydrogens (tertiary/aromatic N) is 1. The lowest BCUT2D eigenvalue weighted by molar-refractivity contribution is -0.134. The number of fused-ring (bicyclic) bond motifs is 2. The summed E-state index contributed by atoms with van der Waals surface area (Å²) in [5.41, 5.74) is -0.249. The van der Waals surface area contributed by atoms with Crippen molar-refractivity contribution in [1.82, 2.24) is 4.90 Å². The second-order valence-electron chi connectivity index (χ2n) is 7.11. The number of rotatable bonds is 6. The Labute approximate surface area is 168 Å². The number of ether oxygens (including phenoxy) is 2. The highest BCUT2D eigenvalue weighted by molar-refractivity contribution is 5.98. The molecule has 6 heteroatoms. The summed E-state index contributed by atoms with van der Waals surface area (Å²) < 4.78 is 10.7. The zero-order valence-electron chi connectivity index (χ0n) is 16.7. The number of hydrogen-bond acceptors (Lipinski definition) is 6. The zero-order chi connectivity index (χ0) is 21.0. The standard InChI is InChI=1S/C23H23NO5/c1-15(25)28-20-14-18(29-21(26)9-6-12-24(2)3)13-17-11-10-16-7-4-5-8-19(16)23(27)22(17)20/h4-5,7-8,10-11,13-14H,6,9,12H2,1-3H3. The van der Waals surface area contributed by atoms with Crippen LogP contribution in [-0.2, 0) is 9.59 Å². The van der Waals surface area contributed by atoms with Gasteiger partial charge in [0.15, 0.2) is 5.43 Å². The van der Waals surface area contributed by atoms with Crippen molar-refractivity contribution in [3.05, 3.63) is 58.8 Å². The molecule has 3 aromatic rings. The first-order valence-electron chi connectivity index (χ1n) is 9.39. The molecule has 0 radical (unpaired) electrons. The van der Waals surface area contributed by atoms with Gasteiger partial charge in [0.1, 0.15) is 11.5 Å². The Bertz CT molecular complexity index is 1140. The summed E-state index contributed by atoms with van der Waals surface area (Å²) in [7, 11) is 3.87. The smallest absolute Gasteiger partial charge is 0.311 e. The van der Waals surface area contributed by atoms with E-state index in [4.69, 9.17) is 9.47 Å². The normalized spacial score (nSPS) is 11.0. The molecule has 0 aliphatic heterocycles. The van der Waals surface area contributed by atoms with Gasteiger partial charge in [0, 0.05) is 24.8 Å². The predicted octanol–water partition coefficient (Wildman–Crippen LogP) is 3.53. The molecule has 0 amide bonds. The molecule has 3 rings (SSSR count). The van der Waals surface area contributed by atoms with E-state index in [-0.39, 0.29) is 34.7 Å². The van der Waals surface area contributed by atoms with Crippen molar-refractivity contribution >= 4 is 33.5 Å². The Hall–Kier alpha value is -3.25. The van der Waals surface area contributed by atoms with E-state index in [1.165, 1.54) is 13.0 Å². The van der Waals surface area contributed by atoms with Gasteiger partial charge < -0.3 is 14.4 Å². The van der Waals surface area contributed by atoms with Crippen molar-refractivity contribution in [3.8, 4) is 11.5 Å². The molecule has 0 saturated heterocycles. The molecule has 0 aliphatic carbocycles. The van der Waals surface area contributed by atoms with Crippen LogP contribution in [0, 0.1) is 0 Å². The van der Waals surface area contributed by atoms with E-state index in [0.717, 1.165) is 11.9 Å². The molecule has 0 saturated carbocycles. The highest BCUT2D eigenvalue weighted by Crippen LogP contribution is 2.30. The topological polar surface area (TPSA) is 72.9 Å². The number of hydrogen-bond donors (Lipinski definition) is 0. The van der Waals surface area contributed by atoms with Gasteiger partial charge in [0.2, 0.25) is 0 Å². The summed E-state index contributed by atoms with van der Waals surface area (Å²) >= 11 is 0. The van der Waals surface area contributed by atoms with Crippen LogP contribution in [0.1, 0.15) is 19.8 Å². The summed E-state index contributed by atoms with van der Waals surface area (Å²) in [6, 6.07) is 13.8. The van der Waals surface area contributed by atoms with Crippen LogP contribution in [0.3, 0.4) is 0 Å². The molecule has 0 aromatic heterocycles. The molecule has 6 nitrogen and oxygen atoms in total. The maximum atomic E-state index is 13.1. The van der Waals surface area contributed by atoms with Gasteiger partial charge in [-0.2, -0.15) is 0 Å². The monoisotopic (exact) mass is 393 g/mol. The van der Waals surface area contributed by atoms with Crippen molar-refractivity contribution in [3.63, 3.8) is 0 Å². The van der Waals surface area contributed by atoms with E-state index in [1.54, 1.807) is 24.3 Å². The first-order valence-corrected chi connectivity index (χ1v) is 9.39. The van der Waals surface area contributed by atoms with Crippen molar-refractivity contribution in [1.29, 1.82) is 0 Å². The summed E-state index contributed by atoms with van der Waals surface area (Å²) in [5.74, 6) is -0.625. The zero-order valence-corrected chi connectivity index (χ0v) is 16.7. The van der Waals surface area contributed by atoms with Gasteiger partial charge in [-0.05, 0) is 43.9 Å². The van der Waals surface area contributed by atoms with Crippen LogP contribution >= 0.6 is 0 Å². The van der Waals surface area contributed by atoms with Gasteiger partial charge >= 0.3 is 11.9 Å². The lowest BCUT2D eigenvalue weighted by atomic mass is 10.1. The lowest BCUT2D eigenvalue weighted by Crippen LogP contribution is -2.16. The van der Waals surface area contributed by atoms with E-state index >= 15 is 0 Å². The molecule has 0 bridgehead atoms. The molecular weight excluding hydrogens is 370 g/mol. The largest absolute Gasteiger partial charge is 0.426 e. The summed E-state index contributed by atoms with van der Waals surface area (Å²) in [4.78, 5) is 38.9. The molecule has 0 N–H and O–H groups in total. The van der Waals surface area contributed by atoms with Gasteiger partial charge in [0.25, 0.3) is 0 Å². The summed E-state index contributed by atoms with van der Waals surface area (Å²) in [5, 5.41) is 2.09. The van der Waals surface area contributed by atoms with E-state index in [2.05, 4.69) is 0 Å². The van der Waals surface area contributed by atoms with Gasteiger partial charge in [-0.1, -0.05) is 36.4 Å². The Balaban J connectivity index is 2.07. The molecular formula is C23H23NO5. The third-order valence-corrected chi connectivity index (χ3v) is 4.45. The van der Waals surface area contributed by atoms with E-state index < -0.39 is 5.97 Å². The first kappa shape index (κ1) is 20.5. The number of esters is 2. The Morgan fingerprint density at radius 1 is 0.966 bits per heavy atom. The average Bonchev–Trinajstić information content (AvgIpc) is 2.78. The summed E-state index contributed by atoms with van der Waals surface area (Å²) in [6.07, 6.45) is 0.930. The minimum absolute atomic E-state index is 0.0810. The molecule has 29 heavy (non-hydrogen) atoms. The molecule has 0 spiro atoms. The van der Waals surface area contributed by atoms with Crippen LogP contribution in [0.25, 0.3) is 21.5 Å². The maximum Gasteiger partial charge on any atom is 0.311 e. The van der Waals surface area contributed by atoms with Gasteiger partial charge in [-0.25, -0.2) is 0 Å². The average molecular weight is 393 g/mol. The second-order valence-corrected chi connectivity index (χ2v) is 7.11. The highest BCUT2D eigenvalue weighted by atomic mass is 16.5. The Kier molecular flexibility index (Phi) is 6.24. The molecule has 0 fully saturated rings. The van der Waals surface area contributed by atoms with Crippen molar-refractivity contribution in [2.24, 2.45) is 0 Å². The Morgan fingerprint density at radius 2 is 1.69 bits per heavy atom. The Morgan fingerprint density at radius 3 is 2.41 bits per heavy atom. The van der Waals surface area contributed by atoms with E-state index in [9.17, 15) is 14.4 Å². The first-order chi connectivity index (χ1) is 13.8. The molecule has 150 valence electrons. The fourth-order valence-corrected chi connectivity index (χ4v) is 3.16. The van der Waals surface area contributed by atoms with Gasteiger partial charge in [0.05, 0.1) is 5.39 Å². The third kappa shape index (κ3) is 4.97. The van der Waals surface area contributed by atoms with Crippen LogP contribution < -0.4 is 14.9 Å². The molecule has 0 unspecified atom stereocenters. The fourth-order valence-electron chi connectivity index (χ4n) is 3.16. The van der Waals surface area contributed by atoms with E-state index in [0.29, 0.717) is 17.2 Å². The predicted molar refractivity (Wildman–Crippen MR) is 112 cm³/mol. The van der Waals surface area contributed by atoms with Gasteiger partial charge in [-0.15, -0.1) is 0 Å². The lowest BCUT2D eigenvalue weighted by Gasteiger charge is -2.10. The number of carbonyl (C=O) groups is 2. The second kappa shape index (κ2) is 8.84. The molecule has 0 heterocycles. The minimum Gasteiger partial charge on any atom is -0.426 e. The van der Waals surface area contributed by atoms with Crippen LogP contribution in [0.2, 0.25) is 0 Å². The van der Waals surface area contributed by atoms with Crippen LogP contribution in [0.5, 0.6) is 11.5 Å². The SMILES string of the molecule is CC(=O)Oc1cc(OC(=O)CCCN(C)C)cc2ccc3ccccc3c(=O)c12. The van der Waals surface area contributed by atoms with Crippen molar-refractivity contribution < 1.29 is 19.1 Å². The van der Waals surface area contributed by atoms with Gasteiger partial charge in [-0.3, -0.25) is 14.4 Å². The van der Waals surface area contributed by atoms with Crippen LogP contribution in [0.15, 0.2) is 53.3 Å². The van der Waals surface area contributed by atoms with Crippen LogP contribution in [0.4, 0.5) is 0 Å². The maximum absolute atomic E-state index is 13.1.